The van der Waals surface area contributed by atoms with Gasteiger partial charge in [-0.25, -0.2) is 4.57 Å². The van der Waals surface area contributed by atoms with Crippen LogP contribution in [-0.4, -0.2) is 13.2 Å². The van der Waals surface area contributed by atoms with Gasteiger partial charge in [-0.15, -0.1) is 4.20 Å². The Bertz CT molecular complexity index is 188. The van der Waals surface area contributed by atoms with Crippen molar-refractivity contribution < 1.29 is 17.8 Å². The monoisotopic (exact) mass is 240 g/mol. The van der Waals surface area contributed by atoms with E-state index >= 15 is 0 Å². The van der Waals surface area contributed by atoms with Gasteiger partial charge in [-0.1, -0.05) is 39.5 Å². The van der Waals surface area contributed by atoms with Gasteiger partial charge < -0.3 is 0 Å². The van der Waals surface area contributed by atoms with Crippen LogP contribution in [0, 0.1) is 0 Å². The van der Waals surface area contributed by atoms with Gasteiger partial charge in [0.25, 0.3) is 0 Å². The van der Waals surface area contributed by atoms with Crippen molar-refractivity contribution in [2.24, 2.45) is 0 Å². The van der Waals surface area contributed by atoms with Gasteiger partial charge in [-0.3, -0.25) is 9.05 Å². The molecule has 0 saturated carbocycles. The van der Waals surface area contributed by atoms with Crippen molar-refractivity contribution in [2.45, 2.75) is 52.4 Å². The zero-order valence-corrected chi connectivity index (χ0v) is 10.6. The molecule has 0 aromatic heterocycles. The summed E-state index contributed by atoms with van der Waals surface area (Å²) >= 11 is 0. The van der Waals surface area contributed by atoms with Crippen LogP contribution in [0.1, 0.15) is 52.4 Å². The Morgan fingerprint density at radius 3 is 2.13 bits per heavy atom. The Kier molecular flexibility index (Phi) is 9.37. The van der Waals surface area contributed by atoms with E-state index in [2.05, 4.69) is 16.0 Å². The van der Waals surface area contributed by atoms with Crippen LogP contribution in [0.25, 0.3) is 0 Å². The van der Waals surface area contributed by atoms with Crippen molar-refractivity contribution in [3.05, 3.63) is 0 Å². The summed E-state index contributed by atoms with van der Waals surface area (Å²) in [5, 5.41) is 0. The number of unbranched alkanes of at least 4 members (excludes halogenated alkanes) is 4. The van der Waals surface area contributed by atoms with E-state index in [0.29, 0.717) is 6.42 Å². The number of rotatable bonds is 10. The molecule has 0 N–H and O–H groups in total. The topological polar surface area (TPSA) is 35.5 Å². The molecule has 15 heavy (non-hydrogen) atoms. The van der Waals surface area contributed by atoms with Gasteiger partial charge in [-0.2, -0.15) is 0 Å². The molecule has 0 spiro atoms. The summed E-state index contributed by atoms with van der Waals surface area (Å²) in [6.07, 6.45) is 5.83. The Balaban J connectivity index is 3.36. The quantitative estimate of drug-likeness (QED) is 0.417. The molecule has 0 aromatic carbocycles. The molecular weight excluding hydrogens is 218 g/mol. The minimum absolute atomic E-state index is 0.142. The van der Waals surface area contributed by atoms with E-state index < -0.39 is 7.91 Å². The largest absolute Gasteiger partial charge is 0.513 e. The average Bonchev–Trinajstić information content (AvgIpc) is 2.20. The number of hydrogen-bond acceptors (Lipinski definition) is 3. The third kappa shape index (κ3) is 10.4. The highest BCUT2D eigenvalue weighted by Gasteiger charge is 2.22. The summed E-state index contributed by atoms with van der Waals surface area (Å²) in [5.41, 5.74) is 0. The Morgan fingerprint density at radius 1 is 0.933 bits per heavy atom. The third-order valence-electron chi connectivity index (χ3n) is 1.94. The summed E-state index contributed by atoms with van der Waals surface area (Å²) in [6.45, 7) is 4.28. The van der Waals surface area contributed by atoms with Crippen LogP contribution in [0.5, 0.6) is 0 Å². The zero-order chi connectivity index (χ0) is 11.6. The SMILES string of the molecule is CCCCCCCOP(=O)(F)OCCC. The lowest BCUT2D eigenvalue weighted by molar-refractivity contribution is 0.172. The summed E-state index contributed by atoms with van der Waals surface area (Å²) < 4.78 is 33.0. The Morgan fingerprint density at radius 2 is 1.53 bits per heavy atom. The molecule has 0 aliphatic rings. The molecule has 0 fully saturated rings. The molecule has 1 atom stereocenters. The highest BCUT2D eigenvalue weighted by atomic mass is 31.2. The molecule has 92 valence electrons. The predicted octanol–water partition coefficient (Wildman–Crippen LogP) is 4.48. The van der Waals surface area contributed by atoms with E-state index in [1.165, 1.54) is 12.8 Å². The minimum Gasteiger partial charge on any atom is -0.284 e. The van der Waals surface area contributed by atoms with Crippen LogP contribution in [-0.2, 0) is 13.6 Å². The normalized spacial score (nSPS) is 15.1. The van der Waals surface area contributed by atoms with Gasteiger partial charge >= 0.3 is 7.91 Å². The summed E-state index contributed by atoms with van der Waals surface area (Å²) in [4.78, 5) is 0. The van der Waals surface area contributed by atoms with E-state index in [0.717, 1.165) is 19.3 Å². The van der Waals surface area contributed by atoms with Crippen LogP contribution in [0.2, 0.25) is 0 Å². The van der Waals surface area contributed by atoms with Crippen LogP contribution in [0.4, 0.5) is 4.20 Å². The molecule has 0 aliphatic heterocycles. The highest BCUT2D eigenvalue weighted by molar-refractivity contribution is 7.48. The van der Waals surface area contributed by atoms with Crippen LogP contribution >= 0.6 is 7.91 Å². The van der Waals surface area contributed by atoms with Gasteiger partial charge in [0.2, 0.25) is 0 Å². The second-order valence-electron chi connectivity index (χ2n) is 3.51. The first-order valence-electron chi connectivity index (χ1n) is 5.71. The van der Waals surface area contributed by atoms with E-state index in [4.69, 9.17) is 0 Å². The predicted molar refractivity (Wildman–Crippen MR) is 59.7 cm³/mol. The lowest BCUT2D eigenvalue weighted by Crippen LogP contribution is -1.95. The molecule has 3 nitrogen and oxygen atoms in total. The fraction of sp³-hybridized carbons (Fsp3) is 1.00. The fourth-order valence-corrected chi connectivity index (χ4v) is 1.94. The average molecular weight is 240 g/mol. The molecule has 5 heteroatoms. The van der Waals surface area contributed by atoms with Crippen molar-refractivity contribution in [2.75, 3.05) is 13.2 Å². The fourth-order valence-electron chi connectivity index (χ4n) is 1.12. The highest BCUT2D eigenvalue weighted by Crippen LogP contribution is 2.49. The molecule has 0 heterocycles. The first-order chi connectivity index (χ1) is 7.12. The van der Waals surface area contributed by atoms with Crippen LogP contribution < -0.4 is 0 Å². The smallest absolute Gasteiger partial charge is 0.284 e. The molecule has 1 unspecified atom stereocenters. The lowest BCUT2D eigenvalue weighted by atomic mass is 10.2. The zero-order valence-electron chi connectivity index (χ0n) is 9.71. The maximum absolute atomic E-state index is 13.0. The molecule has 0 amide bonds. The van der Waals surface area contributed by atoms with E-state index in [-0.39, 0.29) is 13.2 Å². The number of hydrogen-bond donors (Lipinski definition) is 0. The summed E-state index contributed by atoms with van der Waals surface area (Å²) in [5.74, 6) is 0. The van der Waals surface area contributed by atoms with Gasteiger partial charge in [0.05, 0.1) is 13.2 Å². The Hall–Kier alpha value is 0.0800. The van der Waals surface area contributed by atoms with Gasteiger partial charge in [-0.05, 0) is 12.8 Å². The first kappa shape index (κ1) is 15.1. The van der Waals surface area contributed by atoms with E-state index in [1.54, 1.807) is 0 Å². The number of halogens is 1. The second kappa shape index (κ2) is 9.32. The summed E-state index contributed by atoms with van der Waals surface area (Å²) in [7, 11) is -4.26. The molecular formula is C10H22FO3P. The molecule has 0 radical (unpaired) electrons. The third-order valence-corrected chi connectivity index (χ3v) is 2.92. The van der Waals surface area contributed by atoms with Crippen molar-refractivity contribution in [3.8, 4) is 0 Å². The molecule has 0 aromatic rings. The maximum atomic E-state index is 13.0. The van der Waals surface area contributed by atoms with Crippen LogP contribution in [0.15, 0.2) is 0 Å². The first-order valence-corrected chi connectivity index (χ1v) is 7.14. The molecule has 0 bridgehead atoms. The van der Waals surface area contributed by atoms with Crippen molar-refractivity contribution in [1.29, 1.82) is 0 Å². The maximum Gasteiger partial charge on any atom is 0.513 e. The molecule has 0 saturated heterocycles. The van der Waals surface area contributed by atoms with E-state index in [1.807, 2.05) is 6.92 Å². The standard InChI is InChI=1S/C10H22FO3P/c1-3-5-6-7-8-10-14-15(11,12)13-9-4-2/h3-10H2,1-2H3. The summed E-state index contributed by atoms with van der Waals surface area (Å²) in [6, 6.07) is 0. The van der Waals surface area contributed by atoms with Crippen molar-refractivity contribution >= 4 is 7.91 Å². The molecule has 0 rings (SSSR count). The van der Waals surface area contributed by atoms with Crippen LogP contribution in [0.3, 0.4) is 0 Å². The lowest BCUT2D eigenvalue weighted by Gasteiger charge is -2.08. The van der Waals surface area contributed by atoms with Gasteiger partial charge in [0.1, 0.15) is 0 Å². The second-order valence-corrected chi connectivity index (χ2v) is 4.89. The Labute approximate surface area is 92.0 Å². The molecule has 0 aliphatic carbocycles. The van der Waals surface area contributed by atoms with E-state index in [9.17, 15) is 8.76 Å². The van der Waals surface area contributed by atoms with Gasteiger partial charge in [0.15, 0.2) is 0 Å². The van der Waals surface area contributed by atoms with Crippen molar-refractivity contribution in [3.63, 3.8) is 0 Å². The van der Waals surface area contributed by atoms with Gasteiger partial charge in [0, 0.05) is 0 Å². The minimum atomic E-state index is -4.26. The van der Waals surface area contributed by atoms with Crippen molar-refractivity contribution in [1.82, 2.24) is 0 Å².